The van der Waals surface area contributed by atoms with Gasteiger partial charge in [0.1, 0.15) is 0 Å². The van der Waals surface area contributed by atoms with Gasteiger partial charge in [-0.25, -0.2) is 13.1 Å². The van der Waals surface area contributed by atoms with E-state index in [0.717, 1.165) is 11.3 Å². The highest BCUT2D eigenvalue weighted by molar-refractivity contribution is 7.89. The molecule has 2 N–H and O–H groups in total. The molecule has 0 bridgehead atoms. The van der Waals surface area contributed by atoms with E-state index in [2.05, 4.69) is 18.6 Å². The van der Waals surface area contributed by atoms with Gasteiger partial charge in [-0.05, 0) is 41.3 Å². The predicted octanol–water partition coefficient (Wildman–Crippen LogP) is 2.89. The molecule has 2 rings (SSSR count). The second-order valence-corrected chi connectivity index (χ2v) is 8.34. The van der Waals surface area contributed by atoms with Crippen LogP contribution in [0, 0.1) is 0 Å². The molecule has 2 aromatic carbocycles. The van der Waals surface area contributed by atoms with Crippen molar-refractivity contribution in [1.82, 2.24) is 4.72 Å². The van der Waals surface area contributed by atoms with Crippen LogP contribution in [0.3, 0.4) is 0 Å². The van der Waals surface area contributed by atoms with Crippen LogP contribution in [0.5, 0.6) is 0 Å². The molecule has 25 heavy (non-hydrogen) atoms. The van der Waals surface area contributed by atoms with Gasteiger partial charge < -0.3 is 10.0 Å². The Morgan fingerprint density at radius 3 is 1.96 bits per heavy atom. The number of rotatable bonds is 7. The van der Waals surface area contributed by atoms with Crippen molar-refractivity contribution in [3.63, 3.8) is 0 Å². The lowest BCUT2D eigenvalue weighted by molar-refractivity contribution is 0.182. The summed E-state index contributed by atoms with van der Waals surface area (Å²) in [5.74, 6) is 0.344. The molecule has 6 heteroatoms. The molecule has 2 aromatic rings. The molecule has 0 spiro atoms. The summed E-state index contributed by atoms with van der Waals surface area (Å²) < 4.78 is 27.2. The minimum absolute atomic E-state index is 0.0738. The summed E-state index contributed by atoms with van der Waals surface area (Å²) in [6.45, 7) is 4.04. The predicted molar refractivity (Wildman–Crippen MR) is 101 cm³/mol. The van der Waals surface area contributed by atoms with Crippen molar-refractivity contribution in [3.05, 3.63) is 59.7 Å². The minimum Gasteiger partial charge on any atom is -0.387 e. The standard InChI is InChI=1S/C19H26N2O3S/c1-14(2)15-7-11-18(12-8-15)25(23,24)20-13-19(22)16-5-9-17(10-6-16)21(3)4/h5-12,14,19-20,22H,13H2,1-4H3. The van der Waals surface area contributed by atoms with Gasteiger partial charge in [0.05, 0.1) is 11.0 Å². The summed E-state index contributed by atoms with van der Waals surface area (Å²) in [7, 11) is 0.224. The van der Waals surface area contributed by atoms with Crippen molar-refractivity contribution in [2.24, 2.45) is 0 Å². The van der Waals surface area contributed by atoms with E-state index in [-0.39, 0.29) is 11.4 Å². The average Bonchev–Trinajstić information content (AvgIpc) is 2.60. The summed E-state index contributed by atoms with van der Waals surface area (Å²) in [6, 6.07) is 14.2. The summed E-state index contributed by atoms with van der Waals surface area (Å²) >= 11 is 0. The van der Waals surface area contributed by atoms with Crippen LogP contribution >= 0.6 is 0 Å². The van der Waals surface area contributed by atoms with Gasteiger partial charge in [-0.1, -0.05) is 38.1 Å². The molecule has 0 aliphatic rings. The van der Waals surface area contributed by atoms with Crippen molar-refractivity contribution >= 4 is 15.7 Å². The van der Waals surface area contributed by atoms with Crippen molar-refractivity contribution in [1.29, 1.82) is 0 Å². The molecule has 5 nitrogen and oxygen atoms in total. The number of aliphatic hydroxyl groups excluding tert-OH is 1. The third kappa shape index (κ3) is 5.04. The fraction of sp³-hybridized carbons (Fsp3) is 0.368. The first-order valence-corrected chi connectivity index (χ1v) is 9.74. The molecule has 0 amide bonds. The number of hydrogen-bond donors (Lipinski definition) is 2. The van der Waals surface area contributed by atoms with Crippen molar-refractivity contribution in [2.45, 2.75) is 30.8 Å². The molecule has 0 aromatic heterocycles. The van der Waals surface area contributed by atoms with Gasteiger partial charge in [0.25, 0.3) is 0 Å². The summed E-state index contributed by atoms with van der Waals surface area (Å²) in [4.78, 5) is 2.16. The molecule has 0 saturated heterocycles. The van der Waals surface area contributed by atoms with Gasteiger partial charge >= 0.3 is 0 Å². The highest BCUT2D eigenvalue weighted by Gasteiger charge is 2.17. The van der Waals surface area contributed by atoms with Crippen molar-refractivity contribution in [2.75, 3.05) is 25.5 Å². The number of anilines is 1. The van der Waals surface area contributed by atoms with Crippen LogP contribution in [-0.2, 0) is 10.0 Å². The molecule has 0 aliphatic carbocycles. The van der Waals surface area contributed by atoms with Gasteiger partial charge in [-0.15, -0.1) is 0 Å². The molecule has 0 saturated carbocycles. The quantitative estimate of drug-likeness (QED) is 0.795. The van der Waals surface area contributed by atoms with Crippen molar-refractivity contribution < 1.29 is 13.5 Å². The van der Waals surface area contributed by atoms with Crippen LogP contribution in [0.15, 0.2) is 53.4 Å². The maximum absolute atomic E-state index is 12.4. The van der Waals surface area contributed by atoms with Crippen LogP contribution < -0.4 is 9.62 Å². The number of hydrogen-bond acceptors (Lipinski definition) is 4. The van der Waals surface area contributed by atoms with Crippen molar-refractivity contribution in [3.8, 4) is 0 Å². The first-order chi connectivity index (χ1) is 11.7. The highest BCUT2D eigenvalue weighted by atomic mass is 32.2. The molecule has 1 unspecified atom stereocenters. The Bertz CT molecular complexity index is 782. The van der Waals surface area contributed by atoms with Gasteiger partial charge in [0, 0.05) is 26.3 Å². The Balaban J connectivity index is 2.03. The number of sulfonamides is 1. The molecule has 0 aliphatic heterocycles. The van der Waals surface area contributed by atoms with Crippen LogP contribution in [0.25, 0.3) is 0 Å². The maximum Gasteiger partial charge on any atom is 0.240 e. The van der Waals surface area contributed by atoms with E-state index in [1.54, 1.807) is 24.3 Å². The Labute approximate surface area is 150 Å². The van der Waals surface area contributed by atoms with Gasteiger partial charge in [-0.2, -0.15) is 0 Å². The first-order valence-electron chi connectivity index (χ1n) is 8.25. The van der Waals surface area contributed by atoms with Crippen LogP contribution in [0.4, 0.5) is 5.69 Å². The fourth-order valence-corrected chi connectivity index (χ4v) is 3.45. The average molecular weight is 362 g/mol. The Hall–Kier alpha value is -1.89. The zero-order valence-electron chi connectivity index (χ0n) is 15.1. The third-order valence-electron chi connectivity index (χ3n) is 4.12. The third-order valence-corrected chi connectivity index (χ3v) is 5.56. The fourth-order valence-electron chi connectivity index (χ4n) is 2.42. The Kier molecular flexibility index (Phi) is 6.21. The monoisotopic (exact) mass is 362 g/mol. The zero-order chi connectivity index (χ0) is 18.6. The lowest BCUT2D eigenvalue weighted by Gasteiger charge is -2.16. The molecule has 136 valence electrons. The topological polar surface area (TPSA) is 69.6 Å². The van der Waals surface area contributed by atoms with Gasteiger partial charge in [-0.3, -0.25) is 0 Å². The van der Waals surface area contributed by atoms with E-state index in [1.807, 2.05) is 43.3 Å². The Morgan fingerprint density at radius 1 is 0.960 bits per heavy atom. The normalized spacial score (nSPS) is 13.0. The van der Waals surface area contributed by atoms with E-state index in [4.69, 9.17) is 0 Å². The molecular weight excluding hydrogens is 336 g/mol. The number of nitrogens with one attached hydrogen (secondary N) is 1. The molecule has 0 heterocycles. The summed E-state index contributed by atoms with van der Waals surface area (Å²) in [5, 5.41) is 10.2. The van der Waals surface area contributed by atoms with E-state index in [0.29, 0.717) is 11.5 Å². The lowest BCUT2D eigenvalue weighted by atomic mass is 10.0. The Morgan fingerprint density at radius 2 is 1.48 bits per heavy atom. The van der Waals surface area contributed by atoms with E-state index in [1.165, 1.54) is 0 Å². The molecule has 0 radical (unpaired) electrons. The molecule has 0 fully saturated rings. The first kappa shape index (κ1) is 19.4. The van der Waals surface area contributed by atoms with E-state index >= 15 is 0 Å². The van der Waals surface area contributed by atoms with E-state index < -0.39 is 16.1 Å². The molecular formula is C19H26N2O3S. The van der Waals surface area contributed by atoms with Gasteiger partial charge in [0.2, 0.25) is 10.0 Å². The van der Waals surface area contributed by atoms with Crippen LogP contribution in [0.1, 0.15) is 37.0 Å². The zero-order valence-corrected chi connectivity index (χ0v) is 15.9. The second-order valence-electron chi connectivity index (χ2n) is 6.58. The second kappa shape index (κ2) is 7.99. The summed E-state index contributed by atoms with van der Waals surface area (Å²) in [6.07, 6.45) is -0.902. The summed E-state index contributed by atoms with van der Waals surface area (Å²) in [5.41, 5.74) is 2.77. The number of benzene rings is 2. The SMILES string of the molecule is CC(C)c1ccc(S(=O)(=O)NCC(O)c2ccc(N(C)C)cc2)cc1. The van der Waals surface area contributed by atoms with E-state index in [9.17, 15) is 13.5 Å². The number of nitrogens with zero attached hydrogens (tertiary/aromatic N) is 1. The smallest absolute Gasteiger partial charge is 0.240 e. The highest BCUT2D eigenvalue weighted by Crippen LogP contribution is 2.19. The number of aliphatic hydroxyl groups is 1. The lowest BCUT2D eigenvalue weighted by Crippen LogP contribution is -2.28. The van der Waals surface area contributed by atoms with Gasteiger partial charge in [0.15, 0.2) is 0 Å². The van der Waals surface area contributed by atoms with Crippen LogP contribution in [-0.4, -0.2) is 34.2 Å². The largest absolute Gasteiger partial charge is 0.387 e. The van der Waals surface area contributed by atoms with Crippen LogP contribution in [0.2, 0.25) is 0 Å². The minimum atomic E-state index is -3.65. The maximum atomic E-state index is 12.4. The molecule has 1 atom stereocenters.